The van der Waals surface area contributed by atoms with Gasteiger partial charge in [-0.15, -0.1) is 0 Å². The first kappa shape index (κ1) is 14.6. The van der Waals surface area contributed by atoms with Crippen LogP contribution in [-0.2, 0) is 0 Å². The molecule has 3 amide bonds. The first-order valence-electron chi connectivity index (χ1n) is 7.98. The minimum absolute atomic E-state index is 0.0605. The third-order valence-corrected chi connectivity index (χ3v) is 4.66. The van der Waals surface area contributed by atoms with Crippen LogP contribution in [0.25, 0.3) is 0 Å². The van der Waals surface area contributed by atoms with Crippen molar-refractivity contribution in [2.75, 3.05) is 13.1 Å². The van der Waals surface area contributed by atoms with Crippen molar-refractivity contribution in [2.24, 2.45) is 0 Å². The Morgan fingerprint density at radius 2 is 1.46 bits per heavy atom. The van der Waals surface area contributed by atoms with Gasteiger partial charge < -0.3 is 4.90 Å². The highest BCUT2D eigenvalue weighted by atomic mass is 16.2. The van der Waals surface area contributed by atoms with E-state index < -0.39 is 0 Å². The second-order valence-electron chi connectivity index (χ2n) is 6.09. The number of carbonyl (C=O) groups excluding carboxylic acids is 3. The van der Waals surface area contributed by atoms with Gasteiger partial charge in [0, 0.05) is 18.7 Å². The molecular weight excluding hydrogens is 304 g/mol. The van der Waals surface area contributed by atoms with Gasteiger partial charge in [-0.25, -0.2) is 0 Å². The molecule has 5 heteroatoms. The highest BCUT2D eigenvalue weighted by Crippen LogP contribution is 2.28. The van der Waals surface area contributed by atoms with Gasteiger partial charge in [0.2, 0.25) is 0 Å². The number of carbonyl (C=O) groups is 3. The number of hydrogen-bond acceptors (Lipinski definition) is 3. The zero-order chi connectivity index (χ0) is 16.7. The molecule has 2 heterocycles. The topological polar surface area (TPSA) is 57.7 Å². The monoisotopic (exact) mass is 320 g/mol. The number of hydrogen-bond donors (Lipinski definition) is 0. The van der Waals surface area contributed by atoms with Crippen LogP contribution in [0.5, 0.6) is 0 Å². The molecule has 0 spiro atoms. The van der Waals surface area contributed by atoms with Crippen molar-refractivity contribution in [1.29, 1.82) is 0 Å². The lowest BCUT2D eigenvalue weighted by Gasteiger charge is -2.22. The van der Waals surface area contributed by atoms with Gasteiger partial charge in [0.05, 0.1) is 17.2 Å². The van der Waals surface area contributed by atoms with Gasteiger partial charge in [0.25, 0.3) is 17.7 Å². The van der Waals surface area contributed by atoms with Gasteiger partial charge >= 0.3 is 0 Å². The number of imide groups is 1. The molecule has 5 nitrogen and oxygen atoms in total. The lowest BCUT2D eigenvalue weighted by molar-refractivity contribution is 0.0574. The Kier molecular flexibility index (Phi) is 3.41. The van der Waals surface area contributed by atoms with E-state index in [4.69, 9.17) is 0 Å². The van der Waals surface area contributed by atoms with E-state index in [0.717, 1.165) is 0 Å². The van der Waals surface area contributed by atoms with Crippen molar-refractivity contribution in [1.82, 2.24) is 9.80 Å². The summed E-state index contributed by atoms with van der Waals surface area (Å²) in [6, 6.07) is 15.7. The third-order valence-electron chi connectivity index (χ3n) is 4.66. The molecular formula is C19H16N2O3. The smallest absolute Gasteiger partial charge is 0.261 e. The Bertz CT molecular complexity index is 797. The van der Waals surface area contributed by atoms with Gasteiger partial charge in [0.15, 0.2) is 0 Å². The van der Waals surface area contributed by atoms with Crippen LogP contribution >= 0.6 is 0 Å². The number of amides is 3. The fourth-order valence-electron chi connectivity index (χ4n) is 3.44. The zero-order valence-electron chi connectivity index (χ0n) is 13.0. The Labute approximate surface area is 139 Å². The highest BCUT2D eigenvalue weighted by Gasteiger charge is 2.42. The van der Waals surface area contributed by atoms with E-state index >= 15 is 0 Å². The molecule has 2 aromatic carbocycles. The number of benzene rings is 2. The fourth-order valence-corrected chi connectivity index (χ4v) is 3.44. The maximum absolute atomic E-state index is 12.5. The molecule has 2 aliphatic heterocycles. The standard InChI is InChI=1S/C19H16N2O3/c22-17(13-6-2-1-3-7-13)20-11-10-14(12-20)21-18(23)15-8-4-5-9-16(15)19(21)24/h1-9,14H,10-12H2. The van der Waals surface area contributed by atoms with E-state index in [0.29, 0.717) is 36.2 Å². The van der Waals surface area contributed by atoms with E-state index in [1.807, 2.05) is 18.2 Å². The van der Waals surface area contributed by atoms with E-state index in [1.54, 1.807) is 41.3 Å². The lowest BCUT2D eigenvalue weighted by atomic mass is 10.1. The van der Waals surface area contributed by atoms with E-state index in [2.05, 4.69) is 0 Å². The molecule has 1 atom stereocenters. The van der Waals surface area contributed by atoms with Gasteiger partial charge in [-0.1, -0.05) is 30.3 Å². The number of fused-ring (bicyclic) bond motifs is 1. The maximum Gasteiger partial charge on any atom is 0.261 e. The molecule has 0 N–H and O–H groups in total. The average molecular weight is 320 g/mol. The summed E-state index contributed by atoms with van der Waals surface area (Å²) in [7, 11) is 0. The van der Waals surface area contributed by atoms with Crippen LogP contribution in [0.4, 0.5) is 0 Å². The maximum atomic E-state index is 12.5. The Morgan fingerprint density at radius 3 is 2.08 bits per heavy atom. The summed E-state index contributed by atoms with van der Waals surface area (Å²) in [5.74, 6) is -0.570. The molecule has 4 rings (SSSR count). The molecule has 0 aliphatic carbocycles. The molecule has 0 saturated carbocycles. The molecule has 120 valence electrons. The van der Waals surface area contributed by atoms with E-state index in [-0.39, 0.29) is 23.8 Å². The second kappa shape index (κ2) is 5.60. The molecule has 2 aromatic rings. The largest absolute Gasteiger partial charge is 0.336 e. The summed E-state index contributed by atoms with van der Waals surface area (Å²) in [5.41, 5.74) is 1.53. The van der Waals surface area contributed by atoms with Crippen LogP contribution in [0.1, 0.15) is 37.5 Å². The van der Waals surface area contributed by atoms with Crippen LogP contribution in [0.3, 0.4) is 0 Å². The summed E-state index contributed by atoms with van der Waals surface area (Å²) in [6.07, 6.45) is 0.615. The SMILES string of the molecule is O=C(c1ccccc1)N1CCC(N2C(=O)c3ccccc3C2=O)C1. The molecule has 1 fully saturated rings. The van der Waals surface area contributed by atoms with Crippen molar-refractivity contribution < 1.29 is 14.4 Å². The Balaban J connectivity index is 1.53. The summed E-state index contributed by atoms with van der Waals surface area (Å²) in [4.78, 5) is 40.6. The third kappa shape index (κ3) is 2.21. The number of likely N-dealkylation sites (tertiary alicyclic amines) is 1. The van der Waals surface area contributed by atoms with Crippen LogP contribution in [0.15, 0.2) is 54.6 Å². The van der Waals surface area contributed by atoms with Crippen LogP contribution in [0, 0.1) is 0 Å². The van der Waals surface area contributed by atoms with E-state index in [9.17, 15) is 14.4 Å². The minimum atomic E-state index is -0.259. The summed E-state index contributed by atoms with van der Waals surface area (Å²) in [5, 5.41) is 0. The van der Waals surface area contributed by atoms with Crippen molar-refractivity contribution >= 4 is 17.7 Å². The number of rotatable bonds is 2. The van der Waals surface area contributed by atoms with Gasteiger partial charge in [0.1, 0.15) is 0 Å². The first-order valence-corrected chi connectivity index (χ1v) is 7.98. The average Bonchev–Trinajstić information content (AvgIpc) is 3.19. The molecule has 0 radical (unpaired) electrons. The quantitative estimate of drug-likeness (QED) is 0.797. The van der Waals surface area contributed by atoms with E-state index in [1.165, 1.54) is 4.90 Å². The molecule has 0 aromatic heterocycles. The highest BCUT2D eigenvalue weighted by molar-refractivity contribution is 6.21. The van der Waals surface area contributed by atoms with Crippen molar-refractivity contribution in [3.63, 3.8) is 0 Å². The molecule has 2 aliphatic rings. The van der Waals surface area contributed by atoms with Crippen molar-refractivity contribution in [3.8, 4) is 0 Å². The fraction of sp³-hybridized carbons (Fsp3) is 0.211. The van der Waals surface area contributed by atoms with Gasteiger partial charge in [-0.2, -0.15) is 0 Å². The predicted octanol–water partition coefficient (Wildman–Crippen LogP) is 2.20. The second-order valence-corrected chi connectivity index (χ2v) is 6.09. The van der Waals surface area contributed by atoms with Crippen LogP contribution < -0.4 is 0 Å². The van der Waals surface area contributed by atoms with Gasteiger partial charge in [-0.3, -0.25) is 19.3 Å². The summed E-state index contributed by atoms with van der Waals surface area (Å²) >= 11 is 0. The minimum Gasteiger partial charge on any atom is -0.336 e. The van der Waals surface area contributed by atoms with Crippen LogP contribution in [0.2, 0.25) is 0 Å². The molecule has 1 saturated heterocycles. The zero-order valence-corrected chi connectivity index (χ0v) is 13.0. The normalized spacial score (nSPS) is 19.8. The lowest BCUT2D eigenvalue weighted by Crippen LogP contribution is -2.42. The van der Waals surface area contributed by atoms with Gasteiger partial charge in [-0.05, 0) is 30.7 Å². The van der Waals surface area contributed by atoms with Crippen LogP contribution in [-0.4, -0.2) is 46.7 Å². The summed E-state index contributed by atoms with van der Waals surface area (Å²) in [6.45, 7) is 0.936. The Morgan fingerprint density at radius 1 is 0.875 bits per heavy atom. The first-order chi connectivity index (χ1) is 11.7. The van der Waals surface area contributed by atoms with Crippen molar-refractivity contribution in [2.45, 2.75) is 12.5 Å². The summed E-state index contributed by atoms with van der Waals surface area (Å²) < 4.78 is 0. The molecule has 24 heavy (non-hydrogen) atoms. The molecule has 0 bridgehead atoms. The Hall–Kier alpha value is -2.95. The molecule has 1 unspecified atom stereocenters. The van der Waals surface area contributed by atoms with Crippen molar-refractivity contribution in [3.05, 3.63) is 71.3 Å². The number of nitrogens with zero attached hydrogens (tertiary/aromatic N) is 2. The predicted molar refractivity (Wildman–Crippen MR) is 87.7 cm³/mol.